The van der Waals surface area contributed by atoms with Gasteiger partial charge >= 0.3 is 6.61 Å². The number of ether oxygens (including phenoxy) is 1. The summed E-state index contributed by atoms with van der Waals surface area (Å²) in [6.07, 6.45) is 0. The number of rotatable bonds is 7. The number of alkyl halides is 2. The Balaban J connectivity index is 2.11. The Morgan fingerprint density at radius 3 is 2.16 bits per heavy atom. The van der Waals surface area contributed by atoms with E-state index < -0.39 is 26.7 Å². The van der Waals surface area contributed by atoms with Crippen LogP contribution in [0.25, 0.3) is 0 Å². The fourth-order valence-corrected chi connectivity index (χ4v) is 3.43. The Morgan fingerprint density at radius 1 is 1.00 bits per heavy atom. The molecule has 0 heterocycles. The SMILES string of the molecule is NS(=O)(=O)c1ccc(S(=O)(=O)NCc2cccc(OC(F)F)c2)cc1. The molecule has 136 valence electrons. The molecule has 0 aliphatic carbocycles. The first-order chi connectivity index (χ1) is 11.6. The first kappa shape index (κ1) is 19.2. The van der Waals surface area contributed by atoms with Crippen LogP contribution in [-0.4, -0.2) is 23.4 Å². The number of nitrogens with two attached hydrogens (primary N) is 1. The summed E-state index contributed by atoms with van der Waals surface area (Å²) in [6, 6.07) is 9.90. The van der Waals surface area contributed by atoms with Crippen molar-refractivity contribution in [3.05, 3.63) is 54.1 Å². The lowest BCUT2D eigenvalue weighted by molar-refractivity contribution is -0.0498. The molecule has 0 saturated heterocycles. The lowest BCUT2D eigenvalue weighted by atomic mass is 10.2. The van der Waals surface area contributed by atoms with Crippen LogP contribution in [-0.2, 0) is 26.6 Å². The minimum Gasteiger partial charge on any atom is -0.435 e. The van der Waals surface area contributed by atoms with Gasteiger partial charge in [-0.2, -0.15) is 8.78 Å². The lowest BCUT2D eigenvalue weighted by Gasteiger charge is -2.09. The van der Waals surface area contributed by atoms with Crippen LogP contribution in [0.4, 0.5) is 8.78 Å². The van der Waals surface area contributed by atoms with Gasteiger partial charge in [-0.05, 0) is 42.0 Å². The molecule has 7 nitrogen and oxygen atoms in total. The third kappa shape index (κ3) is 5.46. The second kappa shape index (κ2) is 7.44. The van der Waals surface area contributed by atoms with Crippen LogP contribution < -0.4 is 14.6 Å². The number of benzene rings is 2. The standard InChI is InChI=1S/C14H14F2N2O5S2/c15-14(16)23-11-3-1-2-10(8-11)9-18-25(21,22)13-6-4-12(5-7-13)24(17,19)20/h1-8,14,18H,9H2,(H2,17,19,20). The third-order valence-corrected chi connectivity index (χ3v) is 5.40. The van der Waals surface area contributed by atoms with Crippen molar-refractivity contribution in [1.82, 2.24) is 4.72 Å². The van der Waals surface area contributed by atoms with Gasteiger partial charge in [0.2, 0.25) is 20.0 Å². The number of nitrogens with one attached hydrogen (secondary N) is 1. The van der Waals surface area contributed by atoms with E-state index in [4.69, 9.17) is 5.14 Å². The Bertz CT molecular complexity index is 945. The predicted molar refractivity (Wildman–Crippen MR) is 84.9 cm³/mol. The molecule has 0 aromatic heterocycles. The van der Waals surface area contributed by atoms with Crippen molar-refractivity contribution in [2.24, 2.45) is 5.14 Å². The van der Waals surface area contributed by atoms with Crippen LogP contribution in [0.5, 0.6) is 5.75 Å². The average Bonchev–Trinajstić information content (AvgIpc) is 2.52. The van der Waals surface area contributed by atoms with Crippen LogP contribution in [0.2, 0.25) is 0 Å². The summed E-state index contributed by atoms with van der Waals surface area (Å²) in [5.41, 5.74) is 0.405. The van der Waals surface area contributed by atoms with Gasteiger partial charge in [0.05, 0.1) is 9.79 Å². The second-order valence-electron chi connectivity index (χ2n) is 4.87. The molecule has 0 radical (unpaired) electrons. The lowest BCUT2D eigenvalue weighted by Crippen LogP contribution is -2.23. The Hall–Kier alpha value is -2.08. The molecule has 2 aromatic carbocycles. The third-order valence-electron chi connectivity index (χ3n) is 3.05. The van der Waals surface area contributed by atoms with E-state index in [0.29, 0.717) is 5.56 Å². The highest BCUT2D eigenvalue weighted by molar-refractivity contribution is 7.89. The zero-order valence-corrected chi connectivity index (χ0v) is 14.2. The maximum Gasteiger partial charge on any atom is 0.387 e. The van der Waals surface area contributed by atoms with Crippen LogP contribution in [0.15, 0.2) is 58.3 Å². The van der Waals surface area contributed by atoms with Crippen LogP contribution in [0.1, 0.15) is 5.56 Å². The van der Waals surface area contributed by atoms with Gasteiger partial charge in [-0.3, -0.25) is 0 Å². The van der Waals surface area contributed by atoms with E-state index in [1.54, 1.807) is 0 Å². The van der Waals surface area contributed by atoms with Crippen molar-refractivity contribution in [1.29, 1.82) is 0 Å². The number of primary sulfonamides is 1. The molecule has 0 amide bonds. The highest BCUT2D eigenvalue weighted by Gasteiger charge is 2.16. The van der Waals surface area contributed by atoms with Gasteiger partial charge in [0.1, 0.15) is 5.75 Å². The second-order valence-corrected chi connectivity index (χ2v) is 8.20. The molecule has 25 heavy (non-hydrogen) atoms. The number of halogens is 2. The Morgan fingerprint density at radius 2 is 1.60 bits per heavy atom. The molecule has 3 N–H and O–H groups in total. The zero-order chi connectivity index (χ0) is 18.7. The van der Waals surface area contributed by atoms with Gasteiger partial charge in [-0.15, -0.1) is 0 Å². The van der Waals surface area contributed by atoms with Gasteiger partial charge < -0.3 is 4.74 Å². The van der Waals surface area contributed by atoms with Gasteiger partial charge in [-0.1, -0.05) is 12.1 Å². The minimum atomic E-state index is -3.93. The van der Waals surface area contributed by atoms with Gasteiger partial charge in [0.15, 0.2) is 0 Å². The number of hydrogen-bond donors (Lipinski definition) is 2. The summed E-state index contributed by atoms with van der Waals surface area (Å²) in [5.74, 6) is -0.0933. The van der Waals surface area contributed by atoms with E-state index in [1.165, 1.54) is 24.3 Å². The molecule has 2 aromatic rings. The summed E-state index contributed by atoms with van der Waals surface area (Å²) in [6.45, 7) is -3.15. The summed E-state index contributed by atoms with van der Waals surface area (Å²) in [7, 11) is -7.86. The van der Waals surface area contributed by atoms with Crippen molar-refractivity contribution in [3.63, 3.8) is 0 Å². The van der Waals surface area contributed by atoms with Crippen molar-refractivity contribution < 1.29 is 30.4 Å². The van der Waals surface area contributed by atoms with E-state index in [9.17, 15) is 25.6 Å². The highest BCUT2D eigenvalue weighted by atomic mass is 32.2. The maximum absolute atomic E-state index is 12.2. The van der Waals surface area contributed by atoms with Gasteiger partial charge in [0.25, 0.3) is 0 Å². The monoisotopic (exact) mass is 392 g/mol. The van der Waals surface area contributed by atoms with Crippen LogP contribution in [0.3, 0.4) is 0 Å². The van der Waals surface area contributed by atoms with E-state index >= 15 is 0 Å². The summed E-state index contributed by atoms with van der Waals surface area (Å²) >= 11 is 0. The largest absolute Gasteiger partial charge is 0.435 e. The topological polar surface area (TPSA) is 116 Å². The fraction of sp³-hybridized carbons (Fsp3) is 0.143. The molecule has 11 heteroatoms. The van der Waals surface area contributed by atoms with Crippen molar-refractivity contribution >= 4 is 20.0 Å². The molecular weight excluding hydrogens is 378 g/mol. The smallest absolute Gasteiger partial charge is 0.387 e. The number of sulfonamides is 2. The first-order valence-electron chi connectivity index (χ1n) is 6.74. The summed E-state index contributed by atoms with van der Waals surface area (Å²) < 4.78 is 77.6. The normalized spacial score (nSPS) is 12.3. The molecule has 0 bridgehead atoms. The number of hydrogen-bond acceptors (Lipinski definition) is 5. The summed E-state index contributed by atoms with van der Waals surface area (Å²) in [4.78, 5) is -0.386. The van der Waals surface area contributed by atoms with Crippen LogP contribution >= 0.6 is 0 Å². The molecule has 2 rings (SSSR count). The molecule has 0 fully saturated rings. The van der Waals surface area contributed by atoms with Gasteiger partial charge in [0, 0.05) is 6.54 Å². The van der Waals surface area contributed by atoms with Crippen molar-refractivity contribution in [2.75, 3.05) is 0 Å². The molecule has 0 saturated carbocycles. The quantitative estimate of drug-likeness (QED) is 0.739. The molecule has 0 atom stereocenters. The van der Waals surface area contributed by atoms with Crippen LogP contribution in [0, 0.1) is 0 Å². The summed E-state index contributed by atoms with van der Waals surface area (Å²) in [5, 5.41) is 4.94. The fourth-order valence-electron chi connectivity index (χ4n) is 1.90. The molecule has 0 aliphatic rings. The predicted octanol–water partition coefficient (Wildman–Crippen LogP) is 1.41. The van der Waals surface area contributed by atoms with Crippen molar-refractivity contribution in [2.45, 2.75) is 22.9 Å². The van der Waals surface area contributed by atoms with E-state index in [0.717, 1.165) is 24.3 Å². The van der Waals surface area contributed by atoms with Gasteiger partial charge in [-0.25, -0.2) is 26.7 Å². The molecular formula is C14H14F2N2O5S2. The molecule has 0 aliphatic heterocycles. The van der Waals surface area contributed by atoms with Crippen molar-refractivity contribution in [3.8, 4) is 5.75 Å². The maximum atomic E-state index is 12.2. The first-order valence-corrected chi connectivity index (χ1v) is 9.77. The highest BCUT2D eigenvalue weighted by Crippen LogP contribution is 2.17. The van der Waals surface area contributed by atoms with E-state index in [-0.39, 0.29) is 22.1 Å². The Kier molecular flexibility index (Phi) is 5.72. The van der Waals surface area contributed by atoms with E-state index in [1.807, 2.05) is 0 Å². The average molecular weight is 392 g/mol. The molecule has 0 unspecified atom stereocenters. The van der Waals surface area contributed by atoms with E-state index in [2.05, 4.69) is 9.46 Å². The Labute approximate surface area is 143 Å². The zero-order valence-electron chi connectivity index (χ0n) is 12.6. The molecule has 0 spiro atoms. The minimum absolute atomic E-state index is 0.0933.